The van der Waals surface area contributed by atoms with E-state index < -0.39 is 53.8 Å². The molecule has 16 heteroatoms. The number of unbranched alkanes of at least 4 members (excludes halogenated alkanes) is 1. The Kier molecular flexibility index (Phi) is 16.6. The molecule has 0 aliphatic heterocycles. The summed E-state index contributed by atoms with van der Waals surface area (Å²) < 4.78 is 0. The van der Waals surface area contributed by atoms with E-state index in [9.17, 15) is 29.1 Å². The SMILES string of the molecule is NCCCCC(NC(=O)C(N)CCC(N)=O)C(=O)NC(CCCN=C(N)N)C(=O)NC(CS)C(=O)O. The summed E-state index contributed by atoms with van der Waals surface area (Å²) >= 11 is 3.92. The second-order valence-electron chi connectivity index (χ2n) is 8.05. The summed E-state index contributed by atoms with van der Waals surface area (Å²) in [4.78, 5) is 64.4. The number of primary amides is 1. The number of nitrogens with two attached hydrogens (primary N) is 5. The van der Waals surface area contributed by atoms with Crippen molar-refractivity contribution in [1.29, 1.82) is 0 Å². The highest BCUT2D eigenvalue weighted by atomic mass is 32.1. The largest absolute Gasteiger partial charge is 0.480 e. The predicted molar refractivity (Wildman–Crippen MR) is 137 cm³/mol. The molecule has 0 saturated carbocycles. The Morgan fingerprint density at radius 3 is 1.81 bits per heavy atom. The van der Waals surface area contributed by atoms with Crippen molar-refractivity contribution in [3.63, 3.8) is 0 Å². The first-order valence-electron chi connectivity index (χ1n) is 11.5. The molecule has 4 amide bonds. The topological polar surface area (TPSA) is 284 Å². The minimum Gasteiger partial charge on any atom is -0.480 e. The van der Waals surface area contributed by atoms with Crippen LogP contribution in [0.15, 0.2) is 4.99 Å². The zero-order valence-electron chi connectivity index (χ0n) is 20.2. The average Bonchev–Trinajstić information content (AvgIpc) is 2.81. The lowest BCUT2D eigenvalue weighted by Gasteiger charge is -2.25. The lowest BCUT2D eigenvalue weighted by Crippen LogP contribution is -2.57. The molecule has 0 aromatic carbocycles. The third-order valence-electron chi connectivity index (χ3n) is 4.99. The number of nitrogens with zero attached hydrogens (tertiary/aromatic N) is 1. The van der Waals surface area contributed by atoms with E-state index in [1.54, 1.807) is 0 Å². The zero-order chi connectivity index (χ0) is 27.7. The molecule has 0 saturated heterocycles. The first-order chi connectivity index (χ1) is 16.9. The highest BCUT2D eigenvalue weighted by molar-refractivity contribution is 7.80. The second kappa shape index (κ2) is 18.2. The fraction of sp³-hybridized carbons (Fsp3) is 0.700. The fourth-order valence-electron chi connectivity index (χ4n) is 2.97. The molecule has 0 aromatic heterocycles. The zero-order valence-corrected chi connectivity index (χ0v) is 21.0. The van der Waals surface area contributed by atoms with Crippen LogP contribution in [0, 0.1) is 0 Å². The number of amides is 4. The number of carbonyl (C=O) groups is 5. The first-order valence-corrected chi connectivity index (χ1v) is 12.1. The number of aliphatic carboxylic acids is 1. The summed E-state index contributed by atoms with van der Waals surface area (Å²) in [6.07, 6.45) is 1.53. The number of rotatable bonds is 19. The molecule has 15 nitrogen and oxygen atoms in total. The Bertz CT molecular complexity index is 779. The third kappa shape index (κ3) is 14.3. The minimum absolute atomic E-state index is 0.00552. The maximum Gasteiger partial charge on any atom is 0.327 e. The molecule has 0 radical (unpaired) electrons. The van der Waals surface area contributed by atoms with Crippen LogP contribution < -0.4 is 44.6 Å². The monoisotopic (exact) mass is 533 g/mol. The number of carbonyl (C=O) groups excluding carboxylic acids is 4. The van der Waals surface area contributed by atoms with Crippen LogP contribution in [0.1, 0.15) is 44.9 Å². The summed E-state index contributed by atoms with van der Waals surface area (Å²) in [5.41, 5.74) is 27.0. The van der Waals surface area contributed by atoms with E-state index in [0.29, 0.717) is 19.4 Å². The molecule has 206 valence electrons. The Hall–Kier alpha value is -3.11. The molecule has 0 aliphatic rings. The molecule has 0 heterocycles. The molecular formula is C20H39N9O6S. The number of carboxylic acid groups (broad SMARTS) is 1. The van der Waals surface area contributed by atoms with E-state index >= 15 is 0 Å². The molecule has 4 atom stereocenters. The first kappa shape index (κ1) is 32.9. The highest BCUT2D eigenvalue weighted by Crippen LogP contribution is 2.06. The molecular weight excluding hydrogens is 494 g/mol. The molecule has 0 spiro atoms. The predicted octanol–water partition coefficient (Wildman–Crippen LogP) is -3.77. The van der Waals surface area contributed by atoms with Crippen LogP contribution in [0.5, 0.6) is 0 Å². The number of thiol groups is 1. The quantitative estimate of drug-likeness (QED) is 0.0334. The molecule has 0 aromatic rings. The van der Waals surface area contributed by atoms with Crippen LogP contribution in [0.3, 0.4) is 0 Å². The van der Waals surface area contributed by atoms with Crippen LogP contribution >= 0.6 is 12.6 Å². The molecule has 36 heavy (non-hydrogen) atoms. The molecule has 14 N–H and O–H groups in total. The molecule has 4 unspecified atom stereocenters. The van der Waals surface area contributed by atoms with Crippen molar-refractivity contribution < 1.29 is 29.1 Å². The molecule has 0 bridgehead atoms. The molecule has 0 rings (SSSR count). The summed E-state index contributed by atoms with van der Waals surface area (Å²) in [7, 11) is 0. The van der Waals surface area contributed by atoms with Crippen molar-refractivity contribution in [3.05, 3.63) is 0 Å². The minimum atomic E-state index is -1.29. The fourth-order valence-corrected chi connectivity index (χ4v) is 3.22. The van der Waals surface area contributed by atoms with E-state index in [2.05, 4.69) is 33.6 Å². The summed E-state index contributed by atoms with van der Waals surface area (Å²) in [5, 5.41) is 16.6. The van der Waals surface area contributed by atoms with Crippen LogP contribution in [0.4, 0.5) is 0 Å². The van der Waals surface area contributed by atoms with Crippen LogP contribution in [0.25, 0.3) is 0 Å². The van der Waals surface area contributed by atoms with Crippen LogP contribution in [-0.4, -0.2) is 83.7 Å². The maximum atomic E-state index is 13.1. The summed E-state index contributed by atoms with van der Waals surface area (Å²) in [5.74, 6) is -4.32. The van der Waals surface area contributed by atoms with E-state index in [1.807, 2.05) is 0 Å². The Balaban J connectivity index is 5.52. The van der Waals surface area contributed by atoms with Crippen molar-refractivity contribution in [1.82, 2.24) is 16.0 Å². The average molecular weight is 534 g/mol. The Labute approximate surface area is 215 Å². The highest BCUT2D eigenvalue weighted by Gasteiger charge is 2.29. The number of nitrogens with one attached hydrogen (secondary N) is 3. The summed E-state index contributed by atoms with van der Waals surface area (Å²) in [6, 6.07) is -4.56. The lowest BCUT2D eigenvalue weighted by molar-refractivity contribution is -0.141. The van der Waals surface area contributed by atoms with Crippen molar-refractivity contribution in [2.24, 2.45) is 33.7 Å². The maximum absolute atomic E-state index is 13.1. The lowest BCUT2D eigenvalue weighted by atomic mass is 10.0. The van der Waals surface area contributed by atoms with Gasteiger partial charge in [-0.3, -0.25) is 24.2 Å². The van der Waals surface area contributed by atoms with Gasteiger partial charge in [0.1, 0.15) is 18.1 Å². The number of guanidine groups is 1. The van der Waals surface area contributed by atoms with Crippen molar-refractivity contribution in [3.8, 4) is 0 Å². The van der Waals surface area contributed by atoms with Gasteiger partial charge >= 0.3 is 5.97 Å². The number of aliphatic imine (C=N–C) groups is 1. The standard InChI is InChI=1S/C20H39N9O6S/c21-8-2-1-4-12(27-16(31)11(22)6-7-15(23)30)17(32)28-13(5-3-9-26-20(24)25)18(33)29-14(10-36)19(34)35/h11-14,36H,1-10,21-22H2,(H2,23,30)(H,27,31)(H,28,32)(H,29,33)(H,34,35)(H4,24,25,26). The van der Waals surface area contributed by atoms with Gasteiger partial charge in [-0.05, 0) is 45.1 Å². The van der Waals surface area contributed by atoms with Gasteiger partial charge in [0.05, 0.1) is 6.04 Å². The van der Waals surface area contributed by atoms with Gasteiger partial charge in [0.15, 0.2) is 5.96 Å². The van der Waals surface area contributed by atoms with Gasteiger partial charge in [-0.15, -0.1) is 0 Å². The van der Waals surface area contributed by atoms with Gasteiger partial charge in [0.2, 0.25) is 23.6 Å². The Morgan fingerprint density at radius 1 is 0.806 bits per heavy atom. The van der Waals surface area contributed by atoms with Crippen molar-refractivity contribution in [2.45, 2.75) is 69.1 Å². The van der Waals surface area contributed by atoms with Gasteiger partial charge < -0.3 is 49.7 Å². The smallest absolute Gasteiger partial charge is 0.327 e. The number of hydrogen-bond donors (Lipinski definition) is 10. The molecule has 0 fully saturated rings. The third-order valence-corrected chi connectivity index (χ3v) is 5.36. The van der Waals surface area contributed by atoms with E-state index in [4.69, 9.17) is 28.7 Å². The Morgan fingerprint density at radius 2 is 1.33 bits per heavy atom. The van der Waals surface area contributed by atoms with E-state index in [0.717, 1.165) is 0 Å². The van der Waals surface area contributed by atoms with Gasteiger partial charge in [0.25, 0.3) is 0 Å². The number of carboxylic acids is 1. The van der Waals surface area contributed by atoms with Crippen molar-refractivity contribution >= 4 is 48.2 Å². The normalized spacial score (nSPS) is 14.0. The van der Waals surface area contributed by atoms with Gasteiger partial charge in [-0.25, -0.2) is 4.79 Å². The van der Waals surface area contributed by atoms with Gasteiger partial charge in [0, 0.05) is 18.7 Å². The molecule has 0 aliphatic carbocycles. The van der Waals surface area contributed by atoms with Crippen LogP contribution in [-0.2, 0) is 24.0 Å². The van der Waals surface area contributed by atoms with Gasteiger partial charge in [-0.2, -0.15) is 12.6 Å². The number of hydrogen-bond acceptors (Lipinski definition) is 9. The van der Waals surface area contributed by atoms with Gasteiger partial charge in [-0.1, -0.05) is 0 Å². The second-order valence-corrected chi connectivity index (χ2v) is 8.41. The van der Waals surface area contributed by atoms with Crippen molar-refractivity contribution in [2.75, 3.05) is 18.8 Å². The van der Waals surface area contributed by atoms with E-state index in [1.165, 1.54) is 0 Å². The van der Waals surface area contributed by atoms with E-state index in [-0.39, 0.29) is 50.4 Å². The summed E-state index contributed by atoms with van der Waals surface area (Å²) in [6.45, 7) is 0.541. The van der Waals surface area contributed by atoms with Crippen LogP contribution in [0.2, 0.25) is 0 Å².